The first-order valence-electron chi connectivity index (χ1n) is 6.93. The van der Waals surface area contributed by atoms with Gasteiger partial charge in [-0.3, -0.25) is 4.79 Å². The minimum absolute atomic E-state index is 0.0531. The zero-order valence-corrected chi connectivity index (χ0v) is 12.9. The highest BCUT2D eigenvalue weighted by molar-refractivity contribution is 7.99. The molecule has 2 unspecified atom stereocenters. The van der Waals surface area contributed by atoms with Crippen LogP contribution in [-0.4, -0.2) is 24.6 Å². The lowest BCUT2D eigenvalue weighted by molar-refractivity contribution is -0.117. The predicted molar refractivity (Wildman–Crippen MR) is 90.0 cm³/mol. The number of benzene rings is 2. The van der Waals surface area contributed by atoms with E-state index in [1.165, 1.54) is 0 Å². The third-order valence-electron chi connectivity index (χ3n) is 3.88. The van der Waals surface area contributed by atoms with Crippen LogP contribution in [0.4, 0.5) is 11.4 Å². The Morgan fingerprint density at radius 1 is 1.10 bits per heavy atom. The number of fused-ring (bicyclic) bond motifs is 1. The summed E-state index contributed by atoms with van der Waals surface area (Å²) in [6.07, 6.45) is 2.05. The van der Waals surface area contributed by atoms with E-state index in [1.807, 2.05) is 42.5 Å². The van der Waals surface area contributed by atoms with Crippen LogP contribution in [0.2, 0.25) is 0 Å². The van der Waals surface area contributed by atoms with Gasteiger partial charge in [0, 0.05) is 18.4 Å². The molecule has 2 atom stereocenters. The van der Waals surface area contributed by atoms with Crippen LogP contribution in [0.3, 0.4) is 0 Å². The highest BCUT2D eigenvalue weighted by atomic mass is 32.2. The van der Waals surface area contributed by atoms with Crippen molar-refractivity contribution in [3.8, 4) is 0 Å². The molecular weight excluding hydrogens is 280 g/mol. The Morgan fingerprint density at radius 2 is 1.76 bits per heavy atom. The van der Waals surface area contributed by atoms with Crippen LogP contribution in [-0.2, 0) is 4.79 Å². The van der Waals surface area contributed by atoms with E-state index in [9.17, 15) is 4.79 Å². The molecule has 0 aromatic heterocycles. The van der Waals surface area contributed by atoms with E-state index < -0.39 is 0 Å². The van der Waals surface area contributed by atoms with Gasteiger partial charge in [0.2, 0.25) is 5.91 Å². The lowest BCUT2D eigenvalue weighted by atomic mass is 10.00. The topological polar surface area (TPSA) is 32.3 Å². The maximum Gasteiger partial charge on any atom is 0.234 e. The molecule has 0 aliphatic carbocycles. The summed E-state index contributed by atoms with van der Waals surface area (Å²) in [4.78, 5) is 14.9. The monoisotopic (exact) mass is 298 g/mol. The molecule has 4 heteroatoms. The number of carbonyl (C=O) groups excluding carboxylic acids is 1. The zero-order valence-electron chi connectivity index (χ0n) is 12.1. The highest BCUT2D eigenvalue weighted by Gasteiger charge is 2.40. The van der Waals surface area contributed by atoms with E-state index >= 15 is 0 Å². The molecule has 2 aromatic rings. The largest absolute Gasteiger partial charge is 0.361 e. The van der Waals surface area contributed by atoms with E-state index in [2.05, 4.69) is 35.7 Å². The van der Waals surface area contributed by atoms with Gasteiger partial charge in [-0.15, -0.1) is 11.8 Å². The maximum atomic E-state index is 12.7. The second-order valence-corrected chi connectivity index (χ2v) is 6.08. The predicted octanol–water partition coefficient (Wildman–Crippen LogP) is 3.55. The molecule has 1 aliphatic heterocycles. The van der Waals surface area contributed by atoms with Crippen LogP contribution in [0.1, 0.15) is 11.5 Å². The molecule has 108 valence electrons. The van der Waals surface area contributed by atoms with E-state index in [0.717, 1.165) is 16.9 Å². The van der Waals surface area contributed by atoms with Gasteiger partial charge in [-0.05, 0) is 30.0 Å². The van der Waals surface area contributed by atoms with E-state index in [-0.39, 0.29) is 17.2 Å². The average Bonchev–Trinajstić information content (AvgIpc) is 2.81. The minimum atomic E-state index is -0.151. The van der Waals surface area contributed by atoms with Crippen LogP contribution in [0.25, 0.3) is 0 Å². The first kappa shape index (κ1) is 14.0. The molecule has 0 bridgehead atoms. The van der Waals surface area contributed by atoms with Gasteiger partial charge in [0.1, 0.15) is 0 Å². The summed E-state index contributed by atoms with van der Waals surface area (Å²) >= 11 is 1.71. The number of hydrogen-bond donors (Lipinski definition) is 1. The summed E-state index contributed by atoms with van der Waals surface area (Å²) in [5, 5.41) is 3.16. The minimum Gasteiger partial charge on any atom is -0.361 e. The Labute approximate surface area is 129 Å². The fraction of sp³-hybridized carbons (Fsp3) is 0.235. The Bertz CT molecular complexity index is 644. The lowest BCUT2D eigenvalue weighted by Crippen LogP contribution is -2.33. The fourth-order valence-electron chi connectivity index (χ4n) is 2.89. The van der Waals surface area contributed by atoms with Crippen LogP contribution in [0, 0.1) is 0 Å². The first-order chi connectivity index (χ1) is 10.2. The molecule has 3 nitrogen and oxygen atoms in total. The van der Waals surface area contributed by atoms with Crippen molar-refractivity contribution in [1.82, 2.24) is 0 Å². The number of nitrogens with one attached hydrogen (secondary N) is 1. The van der Waals surface area contributed by atoms with Crippen molar-refractivity contribution in [2.75, 3.05) is 23.5 Å². The van der Waals surface area contributed by atoms with Gasteiger partial charge in [0.25, 0.3) is 0 Å². The third-order valence-corrected chi connectivity index (χ3v) is 4.96. The van der Waals surface area contributed by atoms with E-state index in [4.69, 9.17) is 0 Å². The summed E-state index contributed by atoms with van der Waals surface area (Å²) < 4.78 is 0. The number of thioether (sulfide) groups is 1. The van der Waals surface area contributed by atoms with Gasteiger partial charge < -0.3 is 10.2 Å². The molecule has 1 amide bonds. The fourth-order valence-corrected chi connectivity index (χ4v) is 3.86. The SMILES string of the molecule is CSC1C(C(=O)Nc2ccccc2)c2ccccc2N1C. The molecule has 1 aliphatic rings. The molecule has 1 heterocycles. The molecule has 0 spiro atoms. The Morgan fingerprint density at radius 3 is 2.48 bits per heavy atom. The first-order valence-corrected chi connectivity index (χ1v) is 8.21. The highest BCUT2D eigenvalue weighted by Crippen LogP contribution is 2.44. The maximum absolute atomic E-state index is 12.7. The standard InChI is InChI=1S/C17H18N2OS/c1-19-14-11-7-6-10-13(14)15(17(19)21-2)16(20)18-12-8-4-3-5-9-12/h3-11,15,17H,1-2H3,(H,18,20). The number of amides is 1. The Kier molecular flexibility index (Phi) is 3.88. The van der Waals surface area contributed by atoms with Crippen LogP contribution in [0.15, 0.2) is 54.6 Å². The van der Waals surface area contributed by atoms with Crippen molar-refractivity contribution < 1.29 is 4.79 Å². The molecule has 0 fully saturated rings. The molecule has 0 saturated carbocycles. The van der Waals surface area contributed by atoms with E-state index in [1.54, 1.807) is 11.8 Å². The molecule has 1 N–H and O–H groups in total. The zero-order chi connectivity index (χ0) is 14.8. The Hall–Kier alpha value is -1.94. The summed E-state index contributed by atoms with van der Waals surface area (Å²) in [6, 6.07) is 17.8. The second-order valence-electron chi connectivity index (χ2n) is 5.13. The summed E-state index contributed by atoms with van der Waals surface area (Å²) in [5.74, 6) is -0.0984. The number of carbonyl (C=O) groups is 1. The van der Waals surface area contributed by atoms with Gasteiger partial charge in [-0.1, -0.05) is 36.4 Å². The van der Waals surface area contributed by atoms with Gasteiger partial charge in [-0.25, -0.2) is 0 Å². The van der Waals surface area contributed by atoms with Crippen molar-refractivity contribution in [3.05, 3.63) is 60.2 Å². The number of anilines is 2. The molecular formula is C17H18N2OS. The van der Waals surface area contributed by atoms with Crippen LogP contribution in [0.5, 0.6) is 0 Å². The molecule has 0 saturated heterocycles. The van der Waals surface area contributed by atoms with Gasteiger partial charge in [-0.2, -0.15) is 0 Å². The van der Waals surface area contributed by atoms with Crippen LogP contribution < -0.4 is 10.2 Å². The molecule has 0 radical (unpaired) electrons. The smallest absolute Gasteiger partial charge is 0.234 e. The van der Waals surface area contributed by atoms with E-state index in [0.29, 0.717) is 0 Å². The average molecular weight is 298 g/mol. The summed E-state index contributed by atoms with van der Waals surface area (Å²) in [7, 11) is 2.05. The molecule has 21 heavy (non-hydrogen) atoms. The van der Waals surface area contributed by atoms with Crippen molar-refractivity contribution in [2.24, 2.45) is 0 Å². The van der Waals surface area contributed by atoms with Crippen molar-refractivity contribution >= 4 is 29.0 Å². The summed E-state index contributed by atoms with van der Waals surface area (Å²) in [5.41, 5.74) is 3.09. The number of rotatable bonds is 3. The quantitative estimate of drug-likeness (QED) is 0.940. The normalized spacial score (nSPS) is 20.2. The number of likely N-dealkylation sites (N-methyl/N-ethyl adjacent to an activating group) is 1. The lowest BCUT2D eigenvalue weighted by Gasteiger charge is -2.24. The van der Waals surface area contributed by atoms with Crippen molar-refractivity contribution in [1.29, 1.82) is 0 Å². The van der Waals surface area contributed by atoms with Crippen LogP contribution >= 0.6 is 11.8 Å². The van der Waals surface area contributed by atoms with Gasteiger partial charge in [0.05, 0.1) is 11.3 Å². The summed E-state index contributed by atoms with van der Waals surface area (Å²) in [6.45, 7) is 0. The number of nitrogens with zero attached hydrogens (tertiary/aromatic N) is 1. The molecule has 2 aromatic carbocycles. The van der Waals surface area contributed by atoms with Gasteiger partial charge >= 0.3 is 0 Å². The van der Waals surface area contributed by atoms with Crippen molar-refractivity contribution in [2.45, 2.75) is 11.3 Å². The third kappa shape index (κ3) is 2.51. The Balaban J connectivity index is 1.91. The number of hydrogen-bond acceptors (Lipinski definition) is 3. The van der Waals surface area contributed by atoms with Gasteiger partial charge in [0.15, 0.2) is 0 Å². The molecule has 3 rings (SSSR count). The number of para-hydroxylation sites is 2. The van der Waals surface area contributed by atoms with Crippen molar-refractivity contribution in [3.63, 3.8) is 0 Å². The second kappa shape index (κ2) is 5.82.